The first kappa shape index (κ1) is 20.9. The molecule has 2 aromatic carbocycles. The minimum absolute atomic E-state index is 0.118. The number of nitrogens with one attached hydrogen (secondary N) is 1. The van der Waals surface area contributed by atoms with Crippen molar-refractivity contribution in [1.29, 1.82) is 0 Å². The molecule has 0 aliphatic rings. The van der Waals surface area contributed by atoms with Crippen LogP contribution in [0.4, 0.5) is 0 Å². The van der Waals surface area contributed by atoms with Crippen molar-refractivity contribution in [3.05, 3.63) is 65.7 Å². The van der Waals surface area contributed by atoms with Crippen LogP contribution in [0.25, 0.3) is 22.5 Å². The van der Waals surface area contributed by atoms with E-state index < -0.39 is 0 Å². The zero-order valence-corrected chi connectivity index (χ0v) is 18.2. The molecule has 0 bridgehead atoms. The highest BCUT2D eigenvalue weighted by molar-refractivity contribution is 5.80. The summed E-state index contributed by atoms with van der Waals surface area (Å²) in [5, 5.41) is 19.2. The van der Waals surface area contributed by atoms with Crippen molar-refractivity contribution in [3.63, 3.8) is 0 Å². The standard InChI is InChI=1S/C23H28N8/c1-4-7-20(24)22-25-23(15(2)3)31(28-22)14-16-10-12-17(13-11-16)18-8-5-6-9-19(18)21-26-29-30-27-21/h5-6,8-13,15,20H,4,7,14,24H2,1-3H3,(H,26,27,29,30). The molecule has 8 heteroatoms. The van der Waals surface area contributed by atoms with E-state index in [9.17, 15) is 0 Å². The number of benzene rings is 2. The minimum Gasteiger partial charge on any atom is -0.321 e. The SMILES string of the molecule is CCCC(N)c1nc(C(C)C)n(Cc2ccc(-c3ccccc3-c3nn[nH]n3)cc2)n1. The molecule has 0 amide bonds. The Kier molecular flexibility index (Phi) is 6.18. The van der Waals surface area contributed by atoms with Gasteiger partial charge in [-0.15, -0.1) is 10.2 Å². The molecule has 1 unspecified atom stereocenters. The molecule has 4 aromatic rings. The molecule has 0 saturated heterocycles. The van der Waals surface area contributed by atoms with E-state index in [-0.39, 0.29) is 12.0 Å². The lowest BCUT2D eigenvalue weighted by atomic mass is 9.98. The fourth-order valence-electron chi connectivity index (χ4n) is 3.68. The van der Waals surface area contributed by atoms with Crippen molar-refractivity contribution >= 4 is 0 Å². The molecular formula is C23H28N8. The summed E-state index contributed by atoms with van der Waals surface area (Å²) in [6.07, 6.45) is 1.90. The average molecular weight is 417 g/mol. The van der Waals surface area contributed by atoms with Crippen molar-refractivity contribution in [2.75, 3.05) is 0 Å². The highest BCUT2D eigenvalue weighted by Gasteiger charge is 2.18. The van der Waals surface area contributed by atoms with Crippen LogP contribution in [0.5, 0.6) is 0 Å². The summed E-state index contributed by atoms with van der Waals surface area (Å²) in [5.41, 5.74) is 10.5. The highest BCUT2D eigenvalue weighted by atomic mass is 15.5. The highest BCUT2D eigenvalue weighted by Crippen LogP contribution is 2.30. The van der Waals surface area contributed by atoms with E-state index in [1.54, 1.807) is 0 Å². The zero-order valence-electron chi connectivity index (χ0n) is 18.2. The van der Waals surface area contributed by atoms with Crippen molar-refractivity contribution in [1.82, 2.24) is 35.4 Å². The lowest BCUT2D eigenvalue weighted by Crippen LogP contribution is -2.12. The van der Waals surface area contributed by atoms with Crippen LogP contribution in [0, 0.1) is 0 Å². The van der Waals surface area contributed by atoms with Gasteiger partial charge in [-0.2, -0.15) is 10.3 Å². The van der Waals surface area contributed by atoms with Gasteiger partial charge in [-0.05, 0) is 28.3 Å². The van der Waals surface area contributed by atoms with E-state index in [2.05, 4.69) is 71.7 Å². The fourth-order valence-corrected chi connectivity index (χ4v) is 3.68. The molecule has 0 aliphatic heterocycles. The molecule has 1 atom stereocenters. The smallest absolute Gasteiger partial charge is 0.205 e. The third kappa shape index (κ3) is 4.54. The van der Waals surface area contributed by atoms with Crippen LogP contribution in [-0.2, 0) is 6.54 Å². The van der Waals surface area contributed by atoms with Gasteiger partial charge >= 0.3 is 0 Å². The Morgan fingerprint density at radius 3 is 2.42 bits per heavy atom. The third-order valence-electron chi connectivity index (χ3n) is 5.28. The van der Waals surface area contributed by atoms with E-state index in [1.165, 1.54) is 0 Å². The predicted molar refractivity (Wildman–Crippen MR) is 120 cm³/mol. The van der Waals surface area contributed by atoms with Gasteiger partial charge in [0.2, 0.25) is 5.82 Å². The van der Waals surface area contributed by atoms with Gasteiger partial charge in [-0.1, -0.05) is 75.7 Å². The molecule has 2 heterocycles. The number of aromatic amines is 1. The van der Waals surface area contributed by atoms with Crippen LogP contribution in [0.15, 0.2) is 48.5 Å². The number of H-pyrrole nitrogens is 1. The van der Waals surface area contributed by atoms with Gasteiger partial charge in [0, 0.05) is 11.5 Å². The first-order valence-electron chi connectivity index (χ1n) is 10.7. The summed E-state index contributed by atoms with van der Waals surface area (Å²) in [5.74, 6) is 2.56. The summed E-state index contributed by atoms with van der Waals surface area (Å²) >= 11 is 0. The van der Waals surface area contributed by atoms with Gasteiger partial charge < -0.3 is 5.73 Å². The van der Waals surface area contributed by atoms with Crippen LogP contribution in [0.2, 0.25) is 0 Å². The number of rotatable bonds is 8. The van der Waals surface area contributed by atoms with Gasteiger partial charge in [-0.3, -0.25) is 0 Å². The number of hydrogen-bond acceptors (Lipinski definition) is 6. The lowest BCUT2D eigenvalue weighted by Gasteiger charge is -2.10. The van der Waals surface area contributed by atoms with E-state index in [4.69, 9.17) is 15.8 Å². The Morgan fingerprint density at radius 2 is 1.77 bits per heavy atom. The Bertz CT molecular complexity index is 1110. The molecule has 8 nitrogen and oxygen atoms in total. The summed E-state index contributed by atoms with van der Waals surface area (Å²) < 4.78 is 1.98. The van der Waals surface area contributed by atoms with E-state index in [0.717, 1.165) is 46.7 Å². The van der Waals surface area contributed by atoms with Gasteiger partial charge in [0.15, 0.2) is 5.82 Å². The van der Waals surface area contributed by atoms with Crippen molar-refractivity contribution in [3.8, 4) is 22.5 Å². The van der Waals surface area contributed by atoms with E-state index in [1.807, 2.05) is 22.9 Å². The molecule has 4 rings (SSSR count). The Labute approximate surface area is 181 Å². The minimum atomic E-state index is -0.118. The van der Waals surface area contributed by atoms with Gasteiger partial charge in [-0.25, -0.2) is 9.67 Å². The molecule has 0 aliphatic carbocycles. The average Bonchev–Trinajstić information content (AvgIpc) is 3.45. The van der Waals surface area contributed by atoms with Gasteiger partial charge in [0.25, 0.3) is 0 Å². The predicted octanol–water partition coefficient (Wildman–Crippen LogP) is 4.10. The molecule has 2 aromatic heterocycles. The van der Waals surface area contributed by atoms with E-state index in [0.29, 0.717) is 12.4 Å². The van der Waals surface area contributed by atoms with Gasteiger partial charge in [0.1, 0.15) is 5.82 Å². The summed E-state index contributed by atoms with van der Waals surface area (Å²) in [6.45, 7) is 7.05. The van der Waals surface area contributed by atoms with Crippen molar-refractivity contribution < 1.29 is 0 Å². The second-order valence-corrected chi connectivity index (χ2v) is 8.01. The van der Waals surface area contributed by atoms with Crippen molar-refractivity contribution in [2.24, 2.45) is 5.73 Å². The summed E-state index contributed by atoms with van der Waals surface area (Å²) in [7, 11) is 0. The number of hydrogen-bond donors (Lipinski definition) is 2. The second-order valence-electron chi connectivity index (χ2n) is 8.01. The van der Waals surface area contributed by atoms with Crippen LogP contribution in [0.3, 0.4) is 0 Å². The number of aromatic nitrogens is 7. The fraction of sp³-hybridized carbons (Fsp3) is 0.348. The van der Waals surface area contributed by atoms with Crippen LogP contribution in [-0.4, -0.2) is 35.4 Å². The number of tetrazole rings is 1. The lowest BCUT2D eigenvalue weighted by molar-refractivity contribution is 0.575. The maximum atomic E-state index is 6.26. The Morgan fingerprint density at radius 1 is 1.03 bits per heavy atom. The molecule has 0 saturated carbocycles. The second kappa shape index (κ2) is 9.18. The topological polar surface area (TPSA) is 111 Å². The summed E-state index contributed by atoms with van der Waals surface area (Å²) in [4.78, 5) is 4.73. The molecule has 31 heavy (non-hydrogen) atoms. The van der Waals surface area contributed by atoms with E-state index >= 15 is 0 Å². The Hall–Kier alpha value is -3.39. The molecule has 0 fully saturated rings. The quantitative estimate of drug-likeness (QED) is 0.447. The van der Waals surface area contributed by atoms with Crippen LogP contribution < -0.4 is 5.73 Å². The zero-order chi connectivity index (χ0) is 21.8. The first-order valence-corrected chi connectivity index (χ1v) is 10.7. The maximum absolute atomic E-state index is 6.26. The van der Waals surface area contributed by atoms with Crippen LogP contribution >= 0.6 is 0 Å². The molecule has 3 N–H and O–H groups in total. The number of nitrogens with zero attached hydrogens (tertiary/aromatic N) is 6. The van der Waals surface area contributed by atoms with Crippen molar-refractivity contribution in [2.45, 2.75) is 52.1 Å². The number of nitrogens with two attached hydrogens (primary N) is 1. The maximum Gasteiger partial charge on any atom is 0.205 e. The third-order valence-corrected chi connectivity index (χ3v) is 5.28. The molecule has 160 valence electrons. The Balaban J connectivity index is 1.59. The normalized spacial score (nSPS) is 12.4. The largest absolute Gasteiger partial charge is 0.321 e. The monoisotopic (exact) mass is 416 g/mol. The molecule has 0 radical (unpaired) electrons. The molecule has 0 spiro atoms. The summed E-state index contributed by atoms with van der Waals surface area (Å²) in [6, 6.07) is 16.4. The van der Waals surface area contributed by atoms with Crippen LogP contribution in [0.1, 0.15) is 62.8 Å². The first-order chi connectivity index (χ1) is 15.1. The molecular weight excluding hydrogens is 388 g/mol. The van der Waals surface area contributed by atoms with Gasteiger partial charge in [0.05, 0.1) is 12.6 Å².